The van der Waals surface area contributed by atoms with Crippen molar-refractivity contribution < 1.29 is 9.53 Å². The smallest absolute Gasteiger partial charge is 0.322 e. The van der Waals surface area contributed by atoms with Gasteiger partial charge in [0.1, 0.15) is 6.04 Å². The second-order valence-corrected chi connectivity index (χ2v) is 2.76. The zero-order chi connectivity index (χ0) is 8.15. The number of rotatable bonds is 3. The summed E-state index contributed by atoms with van der Waals surface area (Å²) in [6.07, 6.45) is 0.687. The summed E-state index contributed by atoms with van der Waals surface area (Å²) >= 11 is 0. The van der Waals surface area contributed by atoms with Gasteiger partial charge in [0.2, 0.25) is 0 Å². The monoisotopic (exact) mass is 146 g/mol. The fraction of sp³-hybridized carbons (Fsp3) is 0.857. The number of carbonyl (C=O) groups is 1. The summed E-state index contributed by atoms with van der Waals surface area (Å²) < 4.78 is 4.45. The first kappa shape index (κ1) is 9.43. The lowest BCUT2D eigenvalue weighted by molar-refractivity contribution is -0.142. The molecule has 0 radical (unpaired) electrons. The van der Waals surface area contributed by atoms with Crippen LogP contribution in [0, 0.1) is 5.92 Å². The van der Waals surface area contributed by atoms with Gasteiger partial charge in [-0.2, -0.15) is 0 Å². The zero-order valence-electron chi connectivity index (χ0n) is 6.76. The van der Waals surface area contributed by atoms with Gasteiger partial charge in [-0.3, -0.25) is 4.79 Å². The molecule has 0 aromatic carbocycles. The highest BCUT2D eigenvalue weighted by Gasteiger charge is 2.14. The normalized spacial score (nSPS) is 13.3. The van der Waals surface area contributed by atoms with Crippen LogP contribution in [0.3, 0.4) is 0 Å². The van der Waals surface area contributed by atoms with Crippen molar-refractivity contribution in [1.29, 1.82) is 0 Å². The fourth-order valence-corrected chi connectivity index (χ4v) is 0.755. The highest BCUT2D eigenvalue weighted by molar-refractivity contribution is 5.75. The minimum Gasteiger partial charge on any atom is -0.468 e. The quantitative estimate of drug-likeness (QED) is 0.467. The Labute approximate surface area is 61.5 Å². The van der Waals surface area contributed by atoms with E-state index in [2.05, 4.69) is 4.74 Å². The number of carbonyl (C=O) groups excluding carboxylic acids is 1. The number of esters is 1. The molecule has 2 N–H and O–H groups in total. The SMILES string of the molecule is CO[13C](=O)[C@@H](N)CC(C)C. The molecular weight excluding hydrogens is 131 g/mol. The molecule has 0 rings (SSSR count). The maximum Gasteiger partial charge on any atom is 0.322 e. The summed E-state index contributed by atoms with van der Waals surface area (Å²) in [4.78, 5) is 10.7. The van der Waals surface area contributed by atoms with Crippen LogP contribution in [0.4, 0.5) is 0 Å². The highest BCUT2D eigenvalue weighted by Crippen LogP contribution is 2.02. The second-order valence-electron chi connectivity index (χ2n) is 2.76. The van der Waals surface area contributed by atoms with Gasteiger partial charge < -0.3 is 10.5 Å². The summed E-state index contributed by atoms with van der Waals surface area (Å²) in [5.41, 5.74) is 5.45. The average Bonchev–Trinajstić information content (AvgIpc) is 1.85. The molecule has 0 saturated heterocycles. The molecule has 0 aliphatic carbocycles. The van der Waals surface area contributed by atoms with Crippen molar-refractivity contribution in [2.24, 2.45) is 11.7 Å². The highest BCUT2D eigenvalue weighted by atomic mass is 16.6. The van der Waals surface area contributed by atoms with Crippen LogP contribution < -0.4 is 5.73 Å². The van der Waals surface area contributed by atoms with E-state index in [1.54, 1.807) is 0 Å². The number of methoxy groups -OCH3 is 1. The van der Waals surface area contributed by atoms with Gasteiger partial charge in [-0.25, -0.2) is 0 Å². The van der Waals surface area contributed by atoms with Crippen molar-refractivity contribution in [1.82, 2.24) is 0 Å². The van der Waals surface area contributed by atoms with E-state index >= 15 is 0 Å². The predicted molar refractivity (Wildman–Crippen MR) is 39.4 cm³/mol. The molecule has 0 aliphatic rings. The predicted octanol–water partition coefficient (Wildman–Crippen LogP) is 0.533. The van der Waals surface area contributed by atoms with Crippen molar-refractivity contribution in [2.75, 3.05) is 7.11 Å². The van der Waals surface area contributed by atoms with Crippen molar-refractivity contribution in [3.05, 3.63) is 0 Å². The molecular formula is C7H15NO2. The third-order valence-electron chi connectivity index (χ3n) is 1.23. The fourth-order valence-electron chi connectivity index (χ4n) is 0.755. The Kier molecular flexibility index (Phi) is 4.03. The van der Waals surface area contributed by atoms with E-state index in [-0.39, 0.29) is 5.97 Å². The van der Waals surface area contributed by atoms with E-state index in [1.807, 2.05) is 13.8 Å². The van der Waals surface area contributed by atoms with E-state index < -0.39 is 6.04 Å². The van der Waals surface area contributed by atoms with Gasteiger partial charge in [-0.05, 0) is 12.3 Å². The van der Waals surface area contributed by atoms with E-state index in [9.17, 15) is 4.79 Å². The van der Waals surface area contributed by atoms with Gasteiger partial charge in [-0.15, -0.1) is 0 Å². The maximum atomic E-state index is 10.7. The van der Waals surface area contributed by atoms with Crippen LogP contribution in [0.2, 0.25) is 0 Å². The Bertz CT molecular complexity index is 112. The Morgan fingerprint density at radius 1 is 1.60 bits per heavy atom. The molecule has 3 heteroatoms. The van der Waals surface area contributed by atoms with Crippen LogP contribution in [0.25, 0.3) is 0 Å². The van der Waals surface area contributed by atoms with Crippen molar-refractivity contribution in [2.45, 2.75) is 26.3 Å². The Morgan fingerprint density at radius 2 is 2.10 bits per heavy atom. The average molecular weight is 146 g/mol. The molecule has 0 saturated carbocycles. The van der Waals surface area contributed by atoms with Crippen LogP contribution >= 0.6 is 0 Å². The molecule has 0 aliphatic heterocycles. The molecule has 3 nitrogen and oxygen atoms in total. The van der Waals surface area contributed by atoms with Gasteiger partial charge in [0.15, 0.2) is 0 Å². The Morgan fingerprint density at radius 3 is 2.40 bits per heavy atom. The van der Waals surface area contributed by atoms with Crippen LogP contribution in [0.5, 0.6) is 0 Å². The molecule has 0 aromatic rings. The molecule has 10 heavy (non-hydrogen) atoms. The van der Waals surface area contributed by atoms with Crippen molar-refractivity contribution >= 4 is 5.97 Å². The number of hydrogen-bond donors (Lipinski definition) is 1. The maximum absolute atomic E-state index is 10.7. The van der Waals surface area contributed by atoms with E-state index in [4.69, 9.17) is 5.73 Å². The summed E-state index contributed by atoms with van der Waals surface area (Å²) in [6, 6.07) is -0.454. The molecule has 0 amide bonds. The minimum absolute atomic E-state index is 0.325. The molecule has 0 fully saturated rings. The minimum atomic E-state index is -0.454. The Hall–Kier alpha value is -0.570. The number of nitrogens with two attached hydrogens (primary N) is 1. The van der Waals surface area contributed by atoms with Gasteiger partial charge in [0.05, 0.1) is 7.11 Å². The van der Waals surface area contributed by atoms with Crippen molar-refractivity contribution in [3.63, 3.8) is 0 Å². The van der Waals surface area contributed by atoms with Crippen LogP contribution in [-0.4, -0.2) is 19.1 Å². The lowest BCUT2D eigenvalue weighted by Gasteiger charge is -2.10. The molecule has 1 atom stereocenters. The van der Waals surface area contributed by atoms with Gasteiger partial charge >= 0.3 is 5.97 Å². The largest absolute Gasteiger partial charge is 0.468 e. The summed E-state index contributed by atoms with van der Waals surface area (Å²) in [5.74, 6) is 0.114. The number of hydrogen-bond acceptors (Lipinski definition) is 3. The molecule has 0 heterocycles. The lowest BCUT2D eigenvalue weighted by Crippen LogP contribution is -2.32. The molecule has 60 valence electrons. The molecule has 0 spiro atoms. The van der Waals surface area contributed by atoms with Crippen LogP contribution in [-0.2, 0) is 9.53 Å². The third-order valence-corrected chi connectivity index (χ3v) is 1.23. The van der Waals surface area contributed by atoms with Gasteiger partial charge in [0, 0.05) is 0 Å². The third kappa shape index (κ3) is 3.45. The van der Waals surface area contributed by atoms with Crippen molar-refractivity contribution in [3.8, 4) is 0 Å². The Balaban J connectivity index is 3.61. The van der Waals surface area contributed by atoms with E-state index in [0.717, 1.165) is 0 Å². The zero-order valence-corrected chi connectivity index (χ0v) is 6.76. The molecule has 0 bridgehead atoms. The van der Waals surface area contributed by atoms with E-state index in [1.165, 1.54) is 7.11 Å². The second kappa shape index (κ2) is 4.28. The van der Waals surface area contributed by atoms with Crippen LogP contribution in [0.1, 0.15) is 20.3 Å². The summed E-state index contributed by atoms with van der Waals surface area (Å²) in [7, 11) is 1.35. The topological polar surface area (TPSA) is 52.3 Å². The summed E-state index contributed by atoms with van der Waals surface area (Å²) in [5, 5.41) is 0. The van der Waals surface area contributed by atoms with E-state index in [0.29, 0.717) is 12.3 Å². The number of ether oxygens (including phenoxy) is 1. The first-order valence-electron chi connectivity index (χ1n) is 3.41. The molecule has 0 aromatic heterocycles. The van der Waals surface area contributed by atoms with Gasteiger partial charge in [-0.1, -0.05) is 13.8 Å². The first-order valence-corrected chi connectivity index (χ1v) is 3.41. The lowest BCUT2D eigenvalue weighted by atomic mass is 10.1. The van der Waals surface area contributed by atoms with Crippen LogP contribution in [0.15, 0.2) is 0 Å². The van der Waals surface area contributed by atoms with Gasteiger partial charge in [0.25, 0.3) is 0 Å². The standard InChI is InChI=1S/C7H15NO2/c1-5(2)4-6(8)7(9)10-3/h5-6H,4,8H2,1-3H3/t6-/m0/s1/i7+1. The molecule has 0 unspecified atom stereocenters. The first-order chi connectivity index (χ1) is 4.57. The summed E-state index contributed by atoms with van der Waals surface area (Å²) in [6.45, 7) is 4.03.